The maximum absolute atomic E-state index is 11.3. The van der Waals surface area contributed by atoms with Gasteiger partial charge in [-0.2, -0.15) is 0 Å². The van der Waals surface area contributed by atoms with E-state index < -0.39 is 15.2 Å². The number of nitrogens with one attached hydrogen (secondary N) is 1. The third kappa shape index (κ3) is 1.47. The second-order valence-electron chi connectivity index (χ2n) is 3.15. The highest BCUT2D eigenvalue weighted by atomic mass is 32.2. The van der Waals surface area contributed by atoms with Crippen LogP contribution in [0.2, 0.25) is 0 Å². The summed E-state index contributed by atoms with van der Waals surface area (Å²) in [4.78, 5) is 0. The van der Waals surface area contributed by atoms with Crippen molar-refractivity contribution >= 4 is 9.84 Å². The molecule has 2 rings (SSSR count). The average Bonchev–Trinajstić information content (AvgIpc) is 2.45. The summed E-state index contributed by atoms with van der Waals surface area (Å²) >= 11 is 0. The van der Waals surface area contributed by atoms with Crippen LogP contribution >= 0.6 is 0 Å². The molecule has 0 saturated heterocycles. The van der Waals surface area contributed by atoms with Crippen LogP contribution in [0.25, 0.3) is 0 Å². The fourth-order valence-electron chi connectivity index (χ4n) is 1.49. The normalized spacial score (nSPS) is 21.5. The van der Waals surface area contributed by atoms with Gasteiger partial charge in [-0.15, -0.1) is 0 Å². The predicted molar refractivity (Wildman–Crippen MR) is 50.6 cm³/mol. The predicted octanol–water partition coefficient (Wildman–Crippen LogP) is 0.843. The zero-order chi connectivity index (χ0) is 9.47. The summed E-state index contributed by atoms with van der Waals surface area (Å²) in [6, 6.07) is 7.46. The van der Waals surface area contributed by atoms with Crippen LogP contribution in [0, 0.1) is 6.54 Å². The Morgan fingerprint density at radius 3 is 2.69 bits per heavy atom. The summed E-state index contributed by atoms with van der Waals surface area (Å²) < 4.78 is 22.6. The lowest BCUT2D eigenvalue weighted by atomic mass is 10.1. The van der Waals surface area contributed by atoms with Gasteiger partial charge >= 0.3 is 0 Å². The lowest BCUT2D eigenvalue weighted by Crippen LogP contribution is -2.20. The van der Waals surface area contributed by atoms with Gasteiger partial charge in [0.15, 0.2) is 9.84 Å². The minimum Gasteiger partial charge on any atom is -0.289 e. The molecule has 1 unspecified atom stereocenters. The number of benzene rings is 1. The zero-order valence-electron chi connectivity index (χ0n) is 7.19. The SMILES string of the molecule is CS(=O)(=O)C1N[CH]c2ccccc21. The molecule has 1 atom stereocenters. The average molecular weight is 196 g/mol. The van der Waals surface area contributed by atoms with Crippen molar-refractivity contribution < 1.29 is 8.42 Å². The van der Waals surface area contributed by atoms with Crippen molar-refractivity contribution in [3.05, 3.63) is 41.9 Å². The molecule has 0 aliphatic carbocycles. The molecule has 69 valence electrons. The van der Waals surface area contributed by atoms with E-state index in [1.807, 2.05) is 24.3 Å². The lowest BCUT2D eigenvalue weighted by molar-refractivity contribution is 0.582. The molecular formula is C9H10NO2S. The molecule has 3 nitrogen and oxygen atoms in total. The molecule has 1 aliphatic rings. The van der Waals surface area contributed by atoms with Gasteiger partial charge in [0, 0.05) is 6.26 Å². The van der Waals surface area contributed by atoms with Gasteiger partial charge in [-0.3, -0.25) is 5.32 Å². The third-order valence-electron chi connectivity index (χ3n) is 2.10. The van der Waals surface area contributed by atoms with Gasteiger partial charge in [-0.25, -0.2) is 8.42 Å². The number of rotatable bonds is 1. The van der Waals surface area contributed by atoms with Gasteiger partial charge in [-0.05, 0) is 11.1 Å². The minimum atomic E-state index is -3.06. The Morgan fingerprint density at radius 2 is 2.00 bits per heavy atom. The van der Waals surface area contributed by atoms with Crippen LogP contribution in [-0.4, -0.2) is 14.7 Å². The standard InChI is InChI=1S/C9H10NO2S/c1-13(11,12)9-8-5-3-2-4-7(8)6-10-9/h2-6,9-10H,1H3. The number of fused-ring (bicyclic) bond motifs is 1. The van der Waals surface area contributed by atoms with Crippen molar-refractivity contribution in [1.82, 2.24) is 5.32 Å². The first kappa shape index (κ1) is 8.72. The lowest BCUT2D eigenvalue weighted by Gasteiger charge is -2.08. The van der Waals surface area contributed by atoms with E-state index in [0.29, 0.717) is 0 Å². The topological polar surface area (TPSA) is 46.2 Å². The molecule has 1 radical (unpaired) electrons. The second-order valence-corrected chi connectivity index (χ2v) is 5.28. The summed E-state index contributed by atoms with van der Waals surface area (Å²) in [6.07, 6.45) is 1.24. The zero-order valence-corrected chi connectivity index (χ0v) is 8.01. The van der Waals surface area contributed by atoms with Crippen LogP contribution < -0.4 is 5.32 Å². The van der Waals surface area contributed by atoms with Crippen molar-refractivity contribution in [2.24, 2.45) is 0 Å². The molecule has 0 aromatic heterocycles. The van der Waals surface area contributed by atoms with Crippen LogP contribution in [0.3, 0.4) is 0 Å². The fourth-order valence-corrected chi connectivity index (χ4v) is 2.48. The Bertz CT molecular complexity index is 425. The summed E-state index contributed by atoms with van der Waals surface area (Å²) in [5.41, 5.74) is 1.79. The van der Waals surface area contributed by atoms with Crippen molar-refractivity contribution in [3.63, 3.8) is 0 Å². The number of sulfone groups is 1. The van der Waals surface area contributed by atoms with E-state index in [1.165, 1.54) is 6.26 Å². The molecule has 1 aromatic carbocycles. The summed E-state index contributed by atoms with van der Waals surface area (Å²) in [6.45, 7) is 1.74. The van der Waals surface area contributed by atoms with Gasteiger partial charge in [0.05, 0.1) is 6.54 Å². The summed E-state index contributed by atoms with van der Waals surface area (Å²) in [5.74, 6) is 0. The first-order chi connectivity index (χ1) is 6.09. The quantitative estimate of drug-likeness (QED) is 0.724. The van der Waals surface area contributed by atoms with Gasteiger partial charge < -0.3 is 0 Å². The molecule has 1 N–H and O–H groups in total. The summed E-state index contributed by atoms with van der Waals surface area (Å²) in [7, 11) is -3.06. The van der Waals surface area contributed by atoms with Gasteiger partial charge in [0.25, 0.3) is 0 Å². The van der Waals surface area contributed by atoms with Crippen molar-refractivity contribution in [2.45, 2.75) is 5.37 Å². The van der Waals surface area contributed by atoms with Crippen LogP contribution in [0.4, 0.5) is 0 Å². The van der Waals surface area contributed by atoms with E-state index >= 15 is 0 Å². The Balaban J connectivity index is 2.51. The highest BCUT2D eigenvalue weighted by Crippen LogP contribution is 2.29. The molecule has 1 heterocycles. The first-order valence-electron chi connectivity index (χ1n) is 3.96. The molecule has 0 amide bonds. The summed E-state index contributed by atoms with van der Waals surface area (Å²) in [5, 5.41) is 2.28. The van der Waals surface area contributed by atoms with Crippen molar-refractivity contribution in [1.29, 1.82) is 0 Å². The van der Waals surface area contributed by atoms with Gasteiger partial charge in [0.2, 0.25) is 0 Å². The molecule has 1 aromatic rings. The molecule has 1 aliphatic heterocycles. The Labute approximate surface area is 77.7 Å². The first-order valence-corrected chi connectivity index (χ1v) is 5.91. The highest BCUT2D eigenvalue weighted by molar-refractivity contribution is 7.90. The van der Waals surface area contributed by atoms with Crippen LogP contribution in [0.15, 0.2) is 24.3 Å². The highest BCUT2D eigenvalue weighted by Gasteiger charge is 2.29. The molecule has 0 saturated carbocycles. The molecular weight excluding hydrogens is 186 g/mol. The molecule has 4 heteroatoms. The maximum atomic E-state index is 11.3. The molecule has 0 spiro atoms. The van der Waals surface area contributed by atoms with E-state index in [9.17, 15) is 8.42 Å². The number of hydrogen-bond acceptors (Lipinski definition) is 3. The van der Waals surface area contributed by atoms with E-state index in [1.54, 1.807) is 6.54 Å². The molecule has 0 fully saturated rings. The smallest absolute Gasteiger partial charge is 0.167 e. The van der Waals surface area contributed by atoms with E-state index in [4.69, 9.17) is 0 Å². The third-order valence-corrected chi connectivity index (χ3v) is 3.34. The van der Waals surface area contributed by atoms with Crippen LogP contribution in [0.5, 0.6) is 0 Å². The number of hydrogen-bond donors (Lipinski definition) is 1. The van der Waals surface area contributed by atoms with Crippen LogP contribution in [-0.2, 0) is 9.84 Å². The maximum Gasteiger partial charge on any atom is 0.167 e. The Morgan fingerprint density at radius 1 is 1.31 bits per heavy atom. The Hall–Kier alpha value is -0.870. The Kier molecular flexibility index (Phi) is 1.89. The van der Waals surface area contributed by atoms with E-state index in [2.05, 4.69) is 5.32 Å². The van der Waals surface area contributed by atoms with E-state index in [-0.39, 0.29) is 0 Å². The second kappa shape index (κ2) is 2.82. The monoisotopic (exact) mass is 196 g/mol. The van der Waals surface area contributed by atoms with Crippen molar-refractivity contribution in [2.75, 3.05) is 6.26 Å². The fraction of sp³-hybridized carbons (Fsp3) is 0.222. The minimum absolute atomic E-state index is 0.566. The largest absolute Gasteiger partial charge is 0.289 e. The molecule has 0 bridgehead atoms. The molecule has 13 heavy (non-hydrogen) atoms. The van der Waals surface area contributed by atoms with Gasteiger partial charge in [-0.1, -0.05) is 24.3 Å². The van der Waals surface area contributed by atoms with Crippen molar-refractivity contribution in [3.8, 4) is 0 Å². The van der Waals surface area contributed by atoms with Crippen LogP contribution in [0.1, 0.15) is 16.5 Å². The van der Waals surface area contributed by atoms with E-state index in [0.717, 1.165) is 11.1 Å². The van der Waals surface area contributed by atoms with Gasteiger partial charge in [0.1, 0.15) is 5.37 Å².